The van der Waals surface area contributed by atoms with E-state index in [0.29, 0.717) is 32.5 Å². The third-order valence-corrected chi connectivity index (χ3v) is 5.65. The van der Waals surface area contributed by atoms with Gasteiger partial charge in [-0.05, 0) is 50.3 Å². The Bertz CT molecular complexity index is 735. The molecule has 0 saturated carbocycles. The number of hydrogen-bond acceptors (Lipinski definition) is 4. The molecular formula is C20H25N3O2S. The predicted molar refractivity (Wildman–Crippen MR) is 105 cm³/mol. The summed E-state index contributed by atoms with van der Waals surface area (Å²) in [5.74, 6) is 0.0613. The minimum atomic E-state index is -0.0538. The Morgan fingerprint density at radius 1 is 1.19 bits per heavy atom. The van der Waals surface area contributed by atoms with Crippen LogP contribution >= 0.6 is 11.3 Å². The summed E-state index contributed by atoms with van der Waals surface area (Å²) < 4.78 is 0. The van der Waals surface area contributed by atoms with Crippen LogP contribution in [-0.4, -0.2) is 36.3 Å². The molecule has 2 heterocycles. The van der Waals surface area contributed by atoms with E-state index < -0.39 is 0 Å². The van der Waals surface area contributed by atoms with E-state index in [4.69, 9.17) is 0 Å². The summed E-state index contributed by atoms with van der Waals surface area (Å²) in [5, 5.41) is 3.79. The lowest BCUT2D eigenvalue weighted by Crippen LogP contribution is -2.48. The molecule has 0 unspecified atom stereocenters. The largest absolute Gasteiger partial charge is 0.338 e. The molecule has 138 valence electrons. The molecule has 0 aliphatic carbocycles. The summed E-state index contributed by atoms with van der Waals surface area (Å²) in [6.45, 7) is 6.02. The minimum absolute atomic E-state index is 0.0376. The molecule has 0 bridgehead atoms. The molecule has 1 aliphatic heterocycles. The minimum Gasteiger partial charge on any atom is -0.338 e. The number of nitrogens with zero attached hydrogens (tertiary/aromatic N) is 2. The predicted octanol–water partition coefficient (Wildman–Crippen LogP) is 3.47. The number of thiophene rings is 1. The van der Waals surface area contributed by atoms with Crippen molar-refractivity contribution >= 4 is 28.8 Å². The van der Waals surface area contributed by atoms with Crippen molar-refractivity contribution in [2.45, 2.75) is 26.7 Å². The van der Waals surface area contributed by atoms with Gasteiger partial charge in [0.25, 0.3) is 5.91 Å². The first-order chi connectivity index (χ1) is 12.6. The van der Waals surface area contributed by atoms with E-state index in [-0.39, 0.29) is 17.7 Å². The van der Waals surface area contributed by atoms with E-state index in [0.717, 1.165) is 10.6 Å². The molecule has 0 radical (unpaired) electrons. The van der Waals surface area contributed by atoms with Crippen LogP contribution in [0.2, 0.25) is 0 Å². The van der Waals surface area contributed by atoms with Crippen LogP contribution in [0.4, 0.5) is 5.69 Å². The van der Waals surface area contributed by atoms with Crippen LogP contribution in [0.3, 0.4) is 0 Å². The van der Waals surface area contributed by atoms with Crippen LogP contribution in [0.15, 0.2) is 41.8 Å². The van der Waals surface area contributed by atoms with Gasteiger partial charge in [-0.25, -0.2) is 0 Å². The van der Waals surface area contributed by atoms with Crippen LogP contribution in [0, 0.1) is 12.8 Å². The number of rotatable bonds is 5. The van der Waals surface area contributed by atoms with Gasteiger partial charge in [-0.1, -0.05) is 23.8 Å². The van der Waals surface area contributed by atoms with Crippen LogP contribution in [0.5, 0.6) is 0 Å². The van der Waals surface area contributed by atoms with Crippen LogP contribution in [0.1, 0.15) is 35.0 Å². The molecule has 1 N–H and O–H groups in total. The fourth-order valence-electron chi connectivity index (χ4n) is 3.18. The fraction of sp³-hybridized carbons (Fsp3) is 0.400. The van der Waals surface area contributed by atoms with Crippen LogP contribution in [0.25, 0.3) is 0 Å². The molecule has 1 aliphatic rings. The van der Waals surface area contributed by atoms with Crippen molar-refractivity contribution < 1.29 is 9.59 Å². The number of aryl methyl sites for hydroxylation is 1. The number of hydrogen-bond donors (Lipinski definition) is 1. The standard InChI is InChI=1S/C20H25N3O2S/c1-3-23(17-8-6-15(2)7-9-17)21-19(24)16-10-12-22(13-11-16)20(25)18-5-4-14-26-18/h4-9,14,16H,3,10-13H2,1-2H3,(H,21,24). The zero-order valence-electron chi connectivity index (χ0n) is 15.3. The Morgan fingerprint density at radius 3 is 2.46 bits per heavy atom. The zero-order chi connectivity index (χ0) is 18.5. The Kier molecular flexibility index (Phi) is 5.93. The first-order valence-electron chi connectivity index (χ1n) is 9.06. The third-order valence-electron chi connectivity index (χ3n) is 4.79. The number of benzene rings is 1. The first kappa shape index (κ1) is 18.5. The van der Waals surface area contributed by atoms with Gasteiger partial charge in [0.15, 0.2) is 0 Å². The summed E-state index contributed by atoms with van der Waals surface area (Å²) in [7, 11) is 0. The summed E-state index contributed by atoms with van der Waals surface area (Å²) in [5.41, 5.74) is 5.21. The first-order valence-corrected chi connectivity index (χ1v) is 9.94. The van der Waals surface area contributed by atoms with Crippen molar-refractivity contribution in [3.05, 3.63) is 52.2 Å². The summed E-state index contributed by atoms with van der Waals surface area (Å²) in [6, 6.07) is 11.9. The number of nitrogens with one attached hydrogen (secondary N) is 1. The van der Waals surface area contributed by atoms with Crippen molar-refractivity contribution in [2.24, 2.45) is 5.92 Å². The molecule has 1 aromatic carbocycles. The molecule has 0 spiro atoms. The lowest BCUT2D eigenvalue weighted by Gasteiger charge is -2.33. The van der Waals surface area contributed by atoms with Crippen molar-refractivity contribution in [1.29, 1.82) is 0 Å². The van der Waals surface area contributed by atoms with Gasteiger partial charge in [0, 0.05) is 25.6 Å². The number of amides is 2. The molecule has 26 heavy (non-hydrogen) atoms. The normalized spacial score (nSPS) is 14.9. The average Bonchev–Trinajstić information content (AvgIpc) is 3.21. The maximum atomic E-state index is 12.7. The number of likely N-dealkylation sites (tertiary alicyclic amines) is 1. The van der Waals surface area contributed by atoms with E-state index in [1.165, 1.54) is 16.9 Å². The highest BCUT2D eigenvalue weighted by molar-refractivity contribution is 7.12. The molecule has 1 saturated heterocycles. The number of anilines is 1. The highest BCUT2D eigenvalue weighted by Gasteiger charge is 2.28. The highest BCUT2D eigenvalue weighted by atomic mass is 32.1. The smallest absolute Gasteiger partial charge is 0.263 e. The third kappa shape index (κ3) is 4.25. The molecule has 3 rings (SSSR count). The number of piperidine rings is 1. The van der Waals surface area contributed by atoms with E-state index in [1.807, 2.05) is 65.5 Å². The van der Waals surface area contributed by atoms with Gasteiger partial charge in [0.2, 0.25) is 5.91 Å². The van der Waals surface area contributed by atoms with Crippen molar-refractivity contribution in [2.75, 3.05) is 24.6 Å². The Labute approximate surface area is 158 Å². The van der Waals surface area contributed by atoms with Gasteiger partial charge >= 0.3 is 0 Å². The maximum absolute atomic E-state index is 12.7. The molecule has 6 heteroatoms. The second-order valence-corrected chi connectivity index (χ2v) is 7.55. The molecule has 2 amide bonds. The second-order valence-electron chi connectivity index (χ2n) is 6.60. The average molecular weight is 372 g/mol. The summed E-state index contributed by atoms with van der Waals surface area (Å²) >= 11 is 1.46. The van der Waals surface area contributed by atoms with Crippen LogP contribution in [-0.2, 0) is 4.79 Å². The van der Waals surface area contributed by atoms with Gasteiger partial charge < -0.3 is 4.90 Å². The number of hydrazine groups is 1. The SMILES string of the molecule is CCN(NC(=O)C1CCN(C(=O)c2cccs2)CC1)c1ccc(C)cc1. The highest BCUT2D eigenvalue weighted by Crippen LogP contribution is 2.21. The molecule has 5 nitrogen and oxygen atoms in total. The number of carbonyl (C=O) groups is 2. The second kappa shape index (κ2) is 8.36. The quantitative estimate of drug-likeness (QED) is 0.819. The van der Waals surface area contributed by atoms with Crippen molar-refractivity contribution in [3.63, 3.8) is 0 Å². The summed E-state index contributed by atoms with van der Waals surface area (Å²) in [4.78, 5) is 27.7. The van der Waals surface area contributed by atoms with E-state index >= 15 is 0 Å². The van der Waals surface area contributed by atoms with Gasteiger partial charge in [0.05, 0.1) is 10.6 Å². The molecular weight excluding hydrogens is 346 g/mol. The zero-order valence-corrected chi connectivity index (χ0v) is 16.1. The van der Waals surface area contributed by atoms with Gasteiger partial charge in [-0.2, -0.15) is 0 Å². The van der Waals surface area contributed by atoms with E-state index in [1.54, 1.807) is 0 Å². The van der Waals surface area contributed by atoms with Crippen LogP contribution < -0.4 is 10.4 Å². The number of carbonyl (C=O) groups excluding carboxylic acids is 2. The van der Waals surface area contributed by atoms with Gasteiger partial charge in [-0.15, -0.1) is 11.3 Å². The Balaban J connectivity index is 1.54. The monoisotopic (exact) mass is 371 g/mol. The Morgan fingerprint density at radius 2 is 1.88 bits per heavy atom. The lowest BCUT2D eigenvalue weighted by atomic mass is 9.96. The lowest BCUT2D eigenvalue weighted by molar-refractivity contribution is -0.126. The molecule has 1 aromatic heterocycles. The van der Waals surface area contributed by atoms with Gasteiger partial charge in [0.1, 0.15) is 0 Å². The van der Waals surface area contributed by atoms with Crippen molar-refractivity contribution in [1.82, 2.24) is 10.3 Å². The summed E-state index contributed by atoms with van der Waals surface area (Å²) in [6.07, 6.45) is 1.41. The van der Waals surface area contributed by atoms with Gasteiger partial charge in [-0.3, -0.25) is 20.0 Å². The molecule has 0 atom stereocenters. The fourth-order valence-corrected chi connectivity index (χ4v) is 3.87. The van der Waals surface area contributed by atoms with E-state index in [2.05, 4.69) is 5.43 Å². The van der Waals surface area contributed by atoms with Crippen molar-refractivity contribution in [3.8, 4) is 0 Å². The Hall–Kier alpha value is -2.34. The molecule has 2 aromatic rings. The maximum Gasteiger partial charge on any atom is 0.263 e. The van der Waals surface area contributed by atoms with E-state index in [9.17, 15) is 9.59 Å². The topological polar surface area (TPSA) is 52.7 Å². The molecule has 1 fully saturated rings.